The number of hydrogen-bond donors (Lipinski definition) is 1. The molecule has 0 fully saturated rings. The molecule has 1 heterocycles. The first kappa shape index (κ1) is 19.6. The standard InChI is InChI=1S/C22H19ClN2O3S/c23-19-7-9-20(10-8-19)29(27,28)24-15-16-6-11-21-18(14-16)12-13-25(21)22(26)17-4-2-1-3-5-17/h1-11,14,24H,12-13,15H2. The van der Waals surface area contributed by atoms with Gasteiger partial charge in [0.05, 0.1) is 4.90 Å². The van der Waals surface area contributed by atoms with Crippen molar-refractivity contribution >= 4 is 33.2 Å². The van der Waals surface area contributed by atoms with Gasteiger partial charge in [-0.1, -0.05) is 41.9 Å². The summed E-state index contributed by atoms with van der Waals surface area (Å²) in [5, 5.41) is 0.483. The number of halogens is 1. The number of nitrogens with one attached hydrogen (secondary N) is 1. The fraction of sp³-hybridized carbons (Fsp3) is 0.136. The van der Waals surface area contributed by atoms with Crippen LogP contribution in [0.3, 0.4) is 0 Å². The molecule has 0 radical (unpaired) electrons. The third-order valence-corrected chi connectivity index (χ3v) is 6.56. The Morgan fingerprint density at radius 1 is 1.00 bits per heavy atom. The molecule has 5 nitrogen and oxygen atoms in total. The van der Waals surface area contributed by atoms with Gasteiger partial charge in [0, 0.05) is 29.4 Å². The first-order chi connectivity index (χ1) is 13.9. The molecule has 1 amide bonds. The quantitative estimate of drug-likeness (QED) is 0.670. The smallest absolute Gasteiger partial charge is 0.258 e. The second kappa shape index (κ2) is 7.99. The number of rotatable bonds is 5. The van der Waals surface area contributed by atoms with Crippen LogP contribution in [0.2, 0.25) is 5.02 Å². The first-order valence-corrected chi connectivity index (χ1v) is 11.0. The van der Waals surface area contributed by atoms with Crippen LogP contribution < -0.4 is 9.62 Å². The molecule has 0 bridgehead atoms. The van der Waals surface area contributed by atoms with E-state index in [-0.39, 0.29) is 17.3 Å². The maximum absolute atomic E-state index is 12.8. The second-order valence-electron chi connectivity index (χ2n) is 6.81. The lowest BCUT2D eigenvalue weighted by Crippen LogP contribution is -2.28. The Balaban J connectivity index is 1.48. The molecule has 0 aromatic heterocycles. The molecule has 1 aliphatic rings. The molecular weight excluding hydrogens is 408 g/mol. The van der Waals surface area contributed by atoms with Crippen LogP contribution in [0.1, 0.15) is 21.5 Å². The number of sulfonamides is 1. The Kier molecular flexibility index (Phi) is 5.41. The summed E-state index contributed by atoms with van der Waals surface area (Å²) >= 11 is 5.82. The van der Waals surface area contributed by atoms with Crippen molar-refractivity contribution in [2.75, 3.05) is 11.4 Å². The van der Waals surface area contributed by atoms with Gasteiger partial charge in [0.15, 0.2) is 0 Å². The first-order valence-electron chi connectivity index (χ1n) is 9.18. The molecule has 148 valence electrons. The Morgan fingerprint density at radius 3 is 2.45 bits per heavy atom. The van der Waals surface area contributed by atoms with Crippen molar-refractivity contribution < 1.29 is 13.2 Å². The van der Waals surface area contributed by atoms with Crippen LogP contribution in [0, 0.1) is 0 Å². The van der Waals surface area contributed by atoms with Crippen molar-refractivity contribution in [3.8, 4) is 0 Å². The minimum absolute atomic E-state index is 0.0273. The van der Waals surface area contributed by atoms with Crippen LogP contribution in [-0.2, 0) is 23.0 Å². The van der Waals surface area contributed by atoms with Gasteiger partial charge < -0.3 is 4.90 Å². The molecule has 1 aliphatic heterocycles. The lowest BCUT2D eigenvalue weighted by molar-refractivity contribution is 0.0989. The van der Waals surface area contributed by atoms with Crippen molar-refractivity contribution in [2.45, 2.75) is 17.9 Å². The van der Waals surface area contributed by atoms with Gasteiger partial charge in [-0.2, -0.15) is 0 Å². The second-order valence-corrected chi connectivity index (χ2v) is 9.02. The van der Waals surface area contributed by atoms with E-state index in [0.717, 1.165) is 23.2 Å². The van der Waals surface area contributed by atoms with Crippen LogP contribution in [0.5, 0.6) is 0 Å². The van der Waals surface area contributed by atoms with E-state index in [2.05, 4.69) is 4.72 Å². The highest BCUT2D eigenvalue weighted by molar-refractivity contribution is 7.89. The van der Waals surface area contributed by atoms with E-state index in [1.807, 2.05) is 36.4 Å². The maximum Gasteiger partial charge on any atom is 0.258 e. The van der Waals surface area contributed by atoms with Gasteiger partial charge in [0.1, 0.15) is 0 Å². The number of fused-ring (bicyclic) bond motifs is 1. The van der Waals surface area contributed by atoms with E-state index in [1.165, 1.54) is 12.1 Å². The van der Waals surface area contributed by atoms with Crippen molar-refractivity contribution in [3.63, 3.8) is 0 Å². The summed E-state index contributed by atoms with van der Waals surface area (Å²) in [6.45, 7) is 0.786. The minimum atomic E-state index is -3.62. The highest BCUT2D eigenvalue weighted by atomic mass is 35.5. The summed E-state index contributed by atoms with van der Waals surface area (Å²) in [6, 6.07) is 20.9. The summed E-state index contributed by atoms with van der Waals surface area (Å²) in [6.07, 6.45) is 0.742. The summed E-state index contributed by atoms with van der Waals surface area (Å²) in [7, 11) is -3.62. The zero-order valence-electron chi connectivity index (χ0n) is 15.5. The Hall–Kier alpha value is -2.67. The molecule has 0 spiro atoms. The molecule has 0 saturated carbocycles. The Morgan fingerprint density at radius 2 is 1.72 bits per heavy atom. The molecule has 4 rings (SSSR count). The normalized spacial score (nSPS) is 13.3. The van der Waals surface area contributed by atoms with Gasteiger partial charge in [-0.05, 0) is 60.0 Å². The number of carbonyl (C=O) groups excluding carboxylic acids is 1. The number of hydrogen-bond acceptors (Lipinski definition) is 3. The minimum Gasteiger partial charge on any atom is -0.308 e. The molecule has 0 atom stereocenters. The van der Waals surface area contributed by atoms with Gasteiger partial charge in [0.25, 0.3) is 5.91 Å². The topological polar surface area (TPSA) is 66.5 Å². The molecule has 7 heteroatoms. The predicted molar refractivity (Wildman–Crippen MR) is 114 cm³/mol. The lowest BCUT2D eigenvalue weighted by Gasteiger charge is -2.17. The molecule has 0 aliphatic carbocycles. The third-order valence-electron chi connectivity index (χ3n) is 4.90. The van der Waals surface area contributed by atoms with Gasteiger partial charge >= 0.3 is 0 Å². The zero-order valence-corrected chi connectivity index (χ0v) is 17.1. The molecule has 0 saturated heterocycles. The summed E-state index contributed by atoms with van der Waals surface area (Å²) < 4.78 is 27.5. The maximum atomic E-state index is 12.8. The van der Waals surface area contributed by atoms with Gasteiger partial charge in [-0.15, -0.1) is 0 Å². The van der Waals surface area contributed by atoms with Crippen molar-refractivity contribution in [3.05, 3.63) is 94.5 Å². The average Bonchev–Trinajstić information content (AvgIpc) is 3.16. The number of nitrogens with zero attached hydrogens (tertiary/aromatic N) is 1. The molecular formula is C22H19ClN2O3S. The van der Waals surface area contributed by atoms with E-state index in [9.17, 15) is 13.2 Å². The Bertz CT molecular complexity index is 1150. The molecule has 1 N–H and O–H groups in total. The van der Waals surface area contributed by atoms with Crippen molar-refractivity contribution in [2.24, 2.45) is 0 Å². The Labute approximate surface area is 175 Å². The highest BCUT2D eigenvalue weighted by Crippen LogP contribution is 2.30. The van der Waals surface area contributed by atoms with Crippen LogP contribution >= 0.6 is 11.6 Å². The fourth-order valence-electron chi connectivity index (χ4n) is 3.39. The van der Waals surface area contributed by atoms with Crippen LogP contribution in [0.25, 0.3) is 0 Å². The van der Waals surface area contributed by atoms with Crippen LogP contribution in [0.4, 0.5) is 5.69 Å². The average molecular weight is 427 g/mol. The van der Waals surface area contributed by atoms with Gasteiger partial charge in [0.2, 0.25) is 10.0 Å². The van der Waals surface area contributed by atoms with E-state index in [1.54, 1.807) is 29.2 Å². The van der Waals surface area contributed by atoms with Gasteiger partial charge in [-0.3, -0.25) is 4.79 Å². The summed E-state index contributed by atoms with van der Waals surface area (Å²) in [5.74, 6) is -0.0273. The number of benzene rings is 3. The summed E-state index contributed by atoms with van der Waals surface area (Å²) in [5.41, 5.74) is 3.41. The monoisotopic (exact) mass is 426 g/mol. The van der Waals surface area contributed by atoms with E-state index >= 15 is 0 Å². The molecule has 3 aromatic rings. The predicted octanol–water partition coefficient (Wildman–Crippen LogP) is 4.02. The van der Waals surface area contributed by atoms with E-state index < -0.39 is 10.0 Å². The molecule has 0 unspecified atom stereocenters. The van der Waals surface area contributed by atoms with Crippen LogP contribution in [0.15, 0.2) is 77.7 Å². The van der Waals surface area contributed by atoms with Crippen molar-refractivity contribution in [1.29, 1.82) is 0 Å². The summed E-state index contributed by atoms with van der Waals surface area (Å²) in [4.78, 5) is 14.7. The SMILES string of the molecule is O=C(c1ccccc1)N1CCc2cc(CNS(=O)(=O)c3ccc(Cl)cc3)ccc21. The number of amides is 1. The largest absolute Gasteiger partial charge is 0.308 e. The lowest BCUT2D eigenvalue weighted by atomic mass is 10.1. The van der Waals surface area contributed by atoms with Crippen LogP contribution in [-0.4, -0.2) is 20.9 Å². The highest BCUT2D eigenvalue weighted by Gasteiger charge is 2.25. The van der Waals surface area contributed by atoms with Gasteiger partial charge in [-0.25, -0.2) is 13.1 Å². The number of anilines is 1. The zero-order chi connectivity index (χ0) is 20.4. The van der Waals surface area contributed by atoms with Crippen molar-refractivity contribution in [1.82, 2.24) is 4.72 Å². The fourth-order valence-corrected chi connectivity index (χ4v) is 4.53. The van der Waals surface area contributed by atoms with E-state index in [4.69, 9.17) is 11.6 Å². The number of carbonyl (C=O) groups is 1. The van der Waals surface area contributed by atoms with E-state index in [0.29, 0.717) is 17.1 Å². The molecule has 29 heavy (non-hydrogen) atoms. The third kappa shape index (κ3) is 4.19. The molecule has 3 aromatic carbocycles.